The molecule has 0 bridgehead atoms. The predicted molar refractivity (Wildman–Crippen MR) is 88.2 cm³/mol. The standard InChI is InChI=1S/C16H30N4O3/c1-17(2)12-13-23-16(22)15(21)20-10-8-19(9-11-20)14-4-6-18(3)7-5-14/h14H,4-13H2,1-3H3. The second-order valence-electron chi connectivity index (χ2n) is 6.80. The molecule has 0 aromatic heterocycles. The van der Waals surface area contributed by atoms with E-state index in [0.29, 0.717) is 25.7 Å². The van der Waals surface area contributed by atoms with Crippen LogP contribution in [0, 0.1) is 0 Å². The molecule has 2 aliphatic heterocycles. The molecule has 7 heteroatoms. The largest absolute Gasteiger partial charge is 0.457 e. The lowest BCUT2D eigenvalue weighted by atomic mass is 10.0. The highest BCUT2D eigenvalue weighted by Crippen LogP contribution is 2.17. The lowest BCUT2D eigenvalue weighted by Crippen LogP contribution is -2.55. The minimum Gasteiger partial charge on any atom is -0.457 e. The number of hydrogen-bond donors (Lipinski definition) is 0. The summed E-state index contributed by atoms with van der Waals surface area (Å²) >= 11 is 0. The van der Waals surface area contributed by atoms with Gasteiger partial charge in [0.1, 0.15) is 6.61 Å². The zero-order chi connectivity index (χ0) is 16.8. The highest BCUT2D eigenvalue weighted by atomic mass is 16.5. The molecule has 2 fully saturated rings. The molecule has 0 aromatic carbocycles. The lowest BCUT2D eigenvalue weighted by molar-refractivity contribution is -0.161. The highest BCUT2D eigenvalue weighted by Gasteiger charge is 2.30. The van der Waals surface area contributed by atoms with Crippen LogP contribution in [0.25, 0.3) is 0 Å². The number of likely N-dealkylation sites (tertiary alicyclic amines) is 1. The Kier molecular flexibility index (Phi) is 6.80. The van der Waals surface area contributed by atoms with E-state index in [1.54, 1.807) is 4.90 Å². The molecule has 2 aliphatic rings. The fourth-order valence-electron chi connectivity index (χ4n) is 3.16. The van der Waals surface area contributed by atoms with Crippen molar-refractivity contribution in [2.24, 2.45) is 0 Å². The number of hydrogen-bond acceptors (Lipinski definition) is 6. The number of piperidine rings is 1. The Labute approximate surface area is 139 Å². The molecule has 2 saturated heterocycles. The zero-order valence-electron chi connectivity index (χ0n) is 14.7. The Bertz CT molecular complexity index is 400. The summed E-state index contributed by atoms with van der Waals surface area (Å²) in [6, 6.07) is 0.621. The number of carbonyl (C=O) groups excluding carboxylic acids is 2. The van der Waals surface area contributed by atoms with Crippen LogP contribution in [0.5, 0.6) is 0 Å². The maximum atomic E-state index is 12.1. The molecule has 1 amide bonds. The Balaban J connectivity index is 1.71. The zero-order valence-corrected chi connectivity index (χ0v) is 14.7. The second-order valence-corrected chi connectivity index (χ2v) is 6.80. The SMILES string of the molecule is CN(C)CCOC(=O)C(=O)N1CCN(C2CCN(C)CC2)CC1. The molecule has 132 valence electrons. The van der Waals surface area contributed by atoms with E-state index in [2.05, 4.69) is 16.8 Å². The van der Waals surface area contributed by atoms with Gasteiger partial charge in [-0.1, -0.05) is 0 Å². The summed E-state index contributed by atoms with van der Waals surface area (Å²) in [7, 11) is 5.96. The van der Waals surface area contributed by atoms with Gasteiger partial charge in [0.15, 0.2) is 0 Å². The molecule has 2 heterocycles. The van der Waals surface area contributed by atoms with Crippen LogP contribution in [0.4, 0.5) is 0 Å². The Morgan fingerprint density at radius 3 is 2.22 bits per heavy atom. The smallest absolute Gasteiger partial charge is 0.397 e. The van der Waals surface area contributed by atoms with Gasteiger partial charge in [0.25, 0.3) is 0 Å². The summed E-state index contributed by atoms with van der Waals surface area (Å²) in [4.78, 5) is 32.3. The third-order valence-electron chi connectivity index (χ3n) is 4.75. The van der Waals surface area contributed by atoms with Crippen LogP contribution in [0.1, 0.15) is 12.8 Å². The molecule has 23 heavy (non-hydrogen) atoms. The number of ether oxygens (including phenoxy) is 1. The molecule has 7 nitrogen and oxygen atoms in total. The molecule has 0 radical (unpaired) electrons. The summed E-state index contributed by atoms with van der Waals surface area (Å²) in [5.41, 5.74) is 0. The van der Waals surface area contributed by atoms with Gasteiger partial charge in [-0.25, -0.2) is 4.79 Å². The van der Waals surface area contributed by atoms with Gasteiger partial charge < -0.3 is 19.4 Å². The van der Waals surface area contributed by atoms with Gasteiger partial charge in [0, 0.05) is 38.8 Å². The molecular formula is C16H30N4O3. The first-order chi connectivity index (χ1) is 11.0. The van der Waals surface area contributed by atoms with Crippen LogP contribution >= 0.6 is 0 Å². The van der Waals surface area contributed by atoms with Gasteiger partial charge in [-0.3, -0.25) is 9.69 Å². The van der Waals surface area contributed by atoms with Crippen molar-refractivity contribution in [3.05, 3.63) is 0 Å². The number of piperazine rings is 1. The normalized spacial score (nSPS) is 21.7. The molecule has 0 N–H and O–H groups in total. The summed E-state index contributed by atoms with van der Waals surface area (Å²) in [6.45, 7) is 6.11. The van der Waals surface area contributed by atoms with E-state index in [9.17, 15) is 9.59 Å². The summed E-state index contributed by atoms with van der Waals surface area (Å²) in [5, 5.41) is 0. The maximum absolute atomic E-state index is 12.1. The number of carbonyl (C=O) groups is 2. The third kappa shape index (κ3) is 5.44. The molecular weight excluding hydrogens is 296 g/mol. The quantitative estimate of drug-likeness (QED) is 0.504. The number of likely N-dealkylation sites (N-methyl/N-ethyl adjacent to an activating group) is 1. The first-order valence-electron chi connectivity index (χ1n) is 8.50. The van der Waals surface area contributed by atoms with Gasteiger partial charge in [-0.05, 0) is 47.1 Å². The van der Waals surface area contributed by atoms with Crippen molar-refractivity contribution in [1.82, 2.24) is 19.6 Å². The molecule has 0 unspecified atom stereocenters. The molecule has 0 atom stereocenters. The van der Waals surface area contributed by atoms with Gasteiger partial charge in [-0.2, -0.15) is 0 Å². The van der Waals surface area contributed by atoms with Crippen molar-refractivity contribution in [1.29, 1.82) is 0 Å². The Morgan fingerprint density at radius 2 is 1.65 bits per heavy atom. The monoisotopic (exact) mass is 326 g/mol. The summed E-state index contributed by atoms with van der Waals surface area (Å²) in [6.07, 6.45) is 2.38. The Hall–Kier alpha value is -1.18. The summed E-state index contributed by atoms with van der Waals surface area (Å²) < 4.78 is 5.03. The van der Waals surface area contributed by atoms with Crippen LogP contribution in [-0.4, -0.2) is 111 Å². The predicted octanol–water partition coefficient (Wildman–Crippen LogP) is -0.670. The average Bonchev–Trinajstić information content (AvgIpc) is 2.54. The minimum atomic E-state index is -0.723. The van der Waals surface area contributed by atoms with Crippen LogP contribution in [0.15, 0.2) is 0 Å². The van der Waals surface area contributed by atoms with Crippen LogP contribution in [0.3, 0.4) is 0 Å². The van der Waals surface area contributed by atoms with Crippen molar-refractivity contribution < 1.29 is 14.3 Å². The van der Waals surface area contributed by atoms with E-state index >= 15 is 0 Å². The number of esters is 1. The molecule has 2 rings (SSSR count). The lowest BCUT2D eigenvalue weighted by Gasteiger charge is -2.41. The number of amides is 1. The molecule has 0 aliphatic carbocycles. The van der Waals surface area contributed by atoms with Crippen molar-refractivity contribution in [2.45, 2.75) is 18.9 Å². The van der Waals surface area contributed by atoms with E-state index in [4.69, 9.17) is 4.74 Å². The fraction of sp³-hybridized carbons (Fsp3) is 0.875. The van der Waals surface area contributed by atoms with Gasteiger partial charge in [0.2, 0.25) is 0 Å². The molecule has 0 aromatic rings. The van der Waals surface area contributed by atoms with Crippen molar-refractivity contribution in [2.75, 3.05) is 73.6 Å². The van der Waals surface area contributed by atoms with E-state index < -0.39 is 11.9 Å². The van der Waals surface area contributed by atoms with Crippen LogP contribution < -0.4 is 0 Å². The van der Waals surface area contributed by atoms with E-state index in [0.717, 1.165) is 26.2 Å². The van der Waals surface area contributed by atoms with Crippen molar-refractivity contribution in [3.8, 4) is 0 Å². The first-order valence-corrected chi connectivity index (χ1v) is 8.50. The van der Waals surface area contributed by atoms with Crippen LogP contribution in [0.2, 0.25) is 0 Å². The van der Waals surface area contributed by atoms with Crippen molar-refractivity contribution >= 4 is 11.9 Å². The minimum absolute atomic E-state index is 0.257. The number of rotatable bonds is 4. The van der Waals surface area contributed by atoms with E-state index in [1.807, 2.05) is 19.0 Å². The van der Waals surface area contributed by atoms with Gasteiger partial charge in [-0.15, -0.1) is 0 Å². The highest BCUT2D eigenvalue weighted by molar-refractivity contribution is 6.32. The second kappa shape index (κ2) is 8.61. The number of nitrogens with zero attached hydrogens (tertiary/aromatic N) is 4. The van der Waals surface area contributed by atoms with E-state index in [1.165, 1.54) is 12.8 Å². The van der Waals surface area contributed by atoms with Crippen LogP contribution in [-0.2, 0) is 14.3 Å². The maximum Gasteiger partial charge on any atom is 0.397 e. The first kappa shape index (κ1) is 18.2. The summed E-state index contributed by atoms with van der Waals surface area (Å²) in [5.74, 6) is -1.22. The fourth-order valence-corrected chi connectivity index (χ4v) is 3.16. The van der Waals surface area contributed by atoms with Gasteiger partial charge in [0.05, 0.1) is 0 Å². The van der Waals surface area contributed by atoms with Crippen molar-refractivity contribution in [3.63, 3.8) is 0 Å². The topological polar surface area (TPSA) is 56.3 Å². The molecule has 0 spiro atoms. The van der Waals surface area contributed by atoms with Gasteiger partial charge >= 0.3 is 11.9 Å². The van der Waals surface area contributed by atoms with E-state index in [-0.39, 0.29) is 6.61 Å². The molecule has 0 saturated carbocycles. The average molecular weight is 326 g/mol. The third-order valence-corrected chi connectivity index (χ3v) is 4.75. The Morgan fingerprint density at radius 1 is 1.04 bits per heavy atom.